The Morgan fingerprint density at radius 1 is 1.04 bits per heavy atom. The third-order valence-electron chi connectivity index (χ3n) is 3.84. The number of hydrogen-bond donors (Lipinski definition) is 1. The summed E-state index contributed by atoms with van der Waals surface area (Å²) < 4.78 is 5.78. The zero-order chi connectivity index (χ0) is 18.9. The molecule has 0 bridgehead atoms. The van der Waals surface area contributed by atoms with Crippen molar-refractivity contribution in [2.75, 3.05) is 13.1 Å². The van der Waals surface area contributed by atoms with Crippen LogP contribution in [0.15, 0.2) is 54.6 Å². The molecule has 2 amide bonds. The largest absolute Gasteiger partial charge is 0.489 e. The predicted molar refractivity (Wildman–Crippen MR) is 102 cm³/mol. The molecular weight excluding hydrogens is 328 g/mol. The third kappa shape index (κ3) is 5.62. The molecule has 2 rings (SSSR count). The zero-order valence-corrected chi connectivity index (χ0v) is 15.6. The molecule has 0 fully saturated rings. The van der Waals surface area contributed by atoms with Crippen LogP contribution in [0.5, 0.6) is 5.75 Å². The number of amides is 2. The van der Waals surface area contributed by atoms with Crippen molar-refractivity contribution in [1.29, 1.82) is 0 Å². The lowest BCUT2D eigenvalue weighted by molar-refractivity contribution is -0.122. The summed E-state index contributed by atoms with van der Waals surface area (Å²) in [4.78, 5) is 26.5. The van der Waals surface area contributed by atoms with Crippen LogP contribution in [0.4, 0.5) is 0 Å². The fourth-order valence-electron chi connectivity index (χ4n) is 2.57. The van der Waals surface area contributed by atoms with Gasteiger partial charge in [0.1, 0.15) is 12.4 Å². The van der Waals surface area contributed by atoms with Crippen molar-refractivity contribution >= 4 is 11.8 Å². The molecule has 5 nitrogen and oxygen atoms in total. The Hall–Kier alpha value is -2.82. The average molecular weight is 354 g/mol. The van der Waals surface area contributed by atoms with E-state index in [0.29, 0.717) is 18.7 Å². The monoisotopic (exact) mass is 354 g/mol. The minimum atomic E-state index is -0.168. The molecular formula is C21H26N2O3. The smallest absolute Gasteiger partial charge is 0.254 e. The van der Waals surface area contributed by atoms with Gasteiger partial charge >= 0.3 is 0 Å². The highest BCUT2D eigenvalue weighted by molar-refractivity contribution is 5.97. The first-order chi connectivity index (χ1) is 12.5. The summed E-state index contributed by atoms with van der Waals surface area (Å²) in [6.45, 7) is 6.45. The Kier molecular flexibility index (Phi) is 7.21. The van der Waals surface area contributed by atoms with Gasteiger partial charge in [-0.15, -0.1) is 0 Å². The molecule has 0 spiro atoms. The molecule has 26 heavy (non-hydrogen) atoms. The summed E-state index contributed by atoms with van der Waals surface area (Å²) in [5.74, 6) is 0.422. The second-order valence-electron chi connectivity index (χ2n) is 6.30. The summed E-state index contributed by atoms with van der Waals surface area (Å²) >= 11 is 0. The van der Waals surface area contributed by atoms with E-state index in [9.17, 15) is 9.59 Å². The van der Waals surface area contributed by atoms with Crippen LogP contribution in [0.2, 0.25) is 0 Å². The maximum absolute atomic E-state index is 12.9. The molecule has 0 aliphatic rings. The van der Waals surface area contributed by atoms with Crippen LogP contribution in [-0.4, -0.2) is 35.8 Å². The minimum Gasteiger partial charge on any atom is -0.489 e. The second kappa shape index (κ2) is 9.61. The van der Waals surface area contributed by atoms with E-state index < -0.39 is 0 Å². The van der Waals surface area contributed by atoms with Crippen molar-refractivity contribution in [2.24, 2.45) is 0 Å². The first-order valence-corrected chi connectivity index (χ1v) is 8.85. The second-order valence-corrected chi connectivity index (χ2v) is 6.30. The Morgan fingerprint density at radius 2 is 1.69 bits per heavy atom. The average Bonchev–Trinajstić information content (AvgIpc) is 2.64. The van der Waals surface area contributed by atoms with Gasteiger partial charge in [0.25, 0.3) is 5.91 Å². The van der Waals surface area contributed by atoms with E-state index in [4.69, 9.17) is 4.74 Å². The number of ether oxygens (including phenoxy) is 1. The molecule has 0 aliphatic carbocycles. The predicted octanol–water partition coefficient (Wildman–Crippen LogP) is 3.25. The topological polar surface area (TPSA) is 58.6 Å². The highest BCUT2D eigenvalue weighted by Gasteiger charge is 2.20. The van der Waals surface area contributed by atoms with Crippen molar-refractivity contribution in [3.05, 3.63) is 65.7 Å². The van der Waals surface area contributed by atoms with Crippen LogP contribution in [0.25, 0.3) is 0 Å². The number of benzene rings is 2. The van der Waals surface area contributed by atoms with Crippen LogP contribution in [0.3, 0.4) is 0 Å². The number of likely N-dealkylation sites (N-methyl/N-ethyl adjacent to an activating group) is 1. The van der Waals surface area contributed by atoms with Crippen LogP contribution in [-0.2, 0) is 11.4 Å². The summed E-state index contributed by atoms with van der Waals surface area (Å²) in [5.41, 5.74) is 1.35. The lowest BCUT2D eigenvalue weighted by Gasteiger charge is -2.22. The molecule has 0 unspecified atom stereocenters. The van der Waals surface area contributed by atoms with E-state index in [2.05, 4.69) is 5.32 Å². The van der Waals surface area contributed by atoms with Gasteiger partial charge in [0.2, 0.25) is 5.91 Å². The fourth-order valence-corrected chi connectivity index (χ4v) is 2.57. The first-order valence-electron chi connectivity index (χ1n) is 8.85. The molecule has 0 saturated heterocycles. The molecule has 1 N–H and O–H groups in total. The highest BCUT2D eigenvalue weighted by Crippen LogP contribution is 2.16. The first kappa shape index (κ1) is 19.5. The van der Waals surface area contributed by atoms with Gasteiger partial charge in [-0.3, -0.25) is 9.59 Å². The van der Waals surface area contributed by atoms with Crippen molar-refractivity contribution < 1.29 is 14.3 Å². The van der Waals surface area contributed by atoms with E-state index in [1.807, 2.05) is 69.3 Å². The molecule has 0 heterocycles. The molecule has 0 aromatic heterocycles. The standard InChI is InChI=1S/C21H26N2O3/c1-4-23(14-20(24)22-16(2)3)21(25)19-13-9-8-10-17(19)15-26-18-11-6-5-7-12-18/h5-13,16H,4,14-15H2,1-3H3,(H,22,24). The van der Waals surface area contributed by atoms with E-state index in [0.717, 1.165) is 11.3 Å². The molecule has 2 aromatic carbocycles. The molecule has 0 aliphatic heterocycles. The summed E-state index contributed by atoms with van der Waals surface area (Å²) in [6, 6.07) is 16.9. The summed E-state index contributed by atoms with van der Waals surface area (Å²) in [5, 5.41) is 2.82. The van der Waals surface area contributed by atoms with Crippen molar-refractivity contribution in [1.82, 2.24) is 10.2 Å². The van der Waals surface area contributed by atoms with Crippen molar-refractivity contribution in [2.45, 2.75) is 33.4 Å². The number of carbonyl (C=O) groups excluding carboxylic acids is 2. The van der Waals surface area contributed by atoms with E-state index in [1.165, 1.54) is 0 Å². The molecule has 0 atom stereocenters. The van der Waals surface area contributed by atoms with Gasteiger partial charge in [0.05, 0.1) is 6.54 Å². The van der Waals surface area contributed by atoms with Crippen LogP contribution in [0, 0.1) is 0 Å². The number of nitrogens with one attached hydrogen (secondary N) is 1. The maximum atomic E-state index is 12.9. The van der Waals surface area contributed by atoms with Crippen LogP contribution in [0.1, 0.15) is 36.7 Å². The van der Waals surface area contributed by atoms with E-state index in [1.54, 1.807) is 11.0 Å². The summed E-state index contributed by atoms with van der Waals surface area (Å²) in [6.07, 6.45) is 0. The molecule has 5 heteroatoms. The van der Waals surface area contributed by atoms with Crippen LogP contribution < -0.4 is 10.1 Å². The van der Waals surface area contributed by atoms with Crippen molar-refractivity contribution in [3.8, 4) is 5.75 Å². The maximum Gasteiger partial charge on any atom is 0.254 e. The molecule has 0 saturated carbocycles. The number of para-hydroxylation sites is 1. The highest BCUT2D eigenvalue weighted by atomic mass is 16.5. The lowest BCUT2D eigenvalue weighted by atomic mass is 10.1. The van der Waals surface area contributed by atoms with Gasteiger partial charge in [-0.2, -0.15) is 0 Å². The van der Waals surface area contributed by atoms with E-state index in [-0.39, 0.29) is 24.4 Å². The Balaban J connectivity index is 2.10. The number of rotatable bonds is 8. The third-order valence-corrected chi connectivity index (χ3v) is 3.84. The van der Waals surface area contributed by atoms with E-state index >= 15 is 0 Å². The normalized spacial score (nSPS) is 10.5. The number of hydrogen-bond acceptors (Lipinski definition) is 3. The fraction of sp³-hybridized carbons (Fsp3) is 0.333. The Morgan fingerprint density at radius 3 is 2.35 bits per heavy atom. The lowest BCUT2D eigenvalue weighted by Crippen LogP contribution is -2.42. The Bertz CT molecular complexity index is 729. The van der Waals surface area contributed by atoms with Gasteiger partial charge in [-0.25, -0.2) is 0 Å². The number of nitrogens with zero attached hydrogens (tertiary/aromatic N) is 1. The summed E-state index contributed by atoms with van der Waals surface area (Å²) in [7, 11) is 0. The van der Waals surface area contributed by atoms with Crippen molar-refractivity contribution in [3.63, 3.8) is 0 Å². The van der Waals surface area contributed by atoms with Gasteiger partial charge < -0.3 is 15.0 Å². The van der Waals surface area contributed by atoms with Gasteiger partial charge in [-0.05, 0) is 39.0 Å². The number of carbonyl (C=O) groups is 2. The molecule has 138 valence electrons. The Labute approximate surface area is 155 Å². The SMILES string of the molecule is CCN(CC(=O)NC(C)C)C(=O)c1ccccc1COc1ccccc1. The zero-order valence-electron chi connectivity index (χ0n) is 15.6. The van der Waals surface area contributed by atoms with Gasteiger partial charge in [-0.1, -0.05) is 36.4 Å². The molecule has 0 radical (unpaired) electrons. The quantitative estimate of drug-likeness (QED) is 0.792. The minimum absolute atomic E-state index is 0.0430. The van der Waals surface area contributed by atoms with Gasteiger partial charge in [0.15, 0.2) is 0 Å². The van der Waals surface area contributed by atoms with Gasteiger partial charge in [0, 0.05) is 23.7 Å². The molecule has 2 aromatic rings. The van der Waals surface area contributed by atoms with Crippen LogP contribution >= 0.6 is 0 Å².